The maximum Gasteiger partial charge on any atom is 0.308 e. The van der Waals surface area contributed by atoms with Crippen LogP contribution in [-0.4, -0.2) is 56.1 Å². The fraction of sp³-hybridized carbons (Fsp3) is 0.235. The summed E-state index contributed by atoms with van der Waals surface area (Å²) in [7, 11) is 0. The van der Waals surface area contributed by atoms with Crippen molar-refractivity contribution in [3.8, 4) is 22.5 Å². The summed E-state index contributed by atoms with van der Waals surface area (Å²) < 4.78 is 17.2. The van der Waals surface area contributed by atoms with E-state index in [0.717, 1.165) is 17.5 Å². The fourth-order valence-electron chi connectivity index (χ4n) is 6.34. The number of aromatic nitrogens is 3. The number of halogens is 2. The standard InChI is InChI=1S/C34H29ClFN5O3/c1-20-26-5-3-2-4-21(26)13-15-40(20)33(42)30-17-31(22-6-8-24(35)9-7-22)41-32(37-30)18-29(38-41)27-11-10-25(16-28(27)36)39-14-12-23(19-39)34(43)44/h2-11,16-18,20,23H,12-15,19H2,1H3,(H,43,44)/t20-,23+/m1/s1. The zero-order chi connectivity index (χ0) is 30.5. The van der Waals surface area contributed by atoms with E-state index in [4.69, 9.17) is 21.7 Å². The van der Waals surface area contributed by atoms with Crippen molar-refractivity contribution in [3.63, 3.8) is 0 Å². The second-order valence-corrected chi connectivity index (χ2v) is 11.8. The van der Waals surface area contributed by atoms with Gasteiger partial charge < -0.3 is 14.9 Å². The van der Waals surface area contributed by atoms with Crippen molar-refractivity contribution in [2.45, 2.75) is 25.8 Å². The first-order valence-electron chi connectivity index (χ1n) is 14.6. The van der Waals surface area contributed by atoms with Gasteiger partial charge in [0, 0.05) is 47.5 Å². The Kier molecular flexibility index (Phi) is 7.05. The second-order valence-electron chi connectivity index (χ2n) is 11.4. The van der Waals surface area contributed by atoms with E-state index in [2.05, 4.69) is 12.1 Å². The van der Waals surface area contributed by atoms with Gasteiger partial charge in [-0.25, -0.2) is 13.9 Å². The number of amides is 1. The number of benzene rings is 3. The van der Waals surface area contributed by atoms with E-state index in [1.807, 2.05) is 41.0 Å². The van der Waals surface area contributed by atoms with Crippen LogP contribution in [0.15, 0.2) is 78.9 Å². The van der Waals surface area contributed by atoms with Crippen LogP contribution in [0.1, 0.15) is 41.0 Å². The van der Waals surface area contributed by atoms with Gasteiger partial charge in [0.2, 0.25) is 0 Å². The predicted octanol–water partition coefficient (Wildman–Crippen LogP) is 6.53. The van der Waals surface area contributed by atoms with Crippen molar-refractivity contribution in [1.82, 2.24) is 19.5 Å². The van der Waals surface area contributed by atoms with Gasteiger partial charge in [-0.3, -0.25) is 9.59 Å². The van der Waals surface area contributed by atoms with Crippen molar-refractivity contribution < 1.29 is 19.1 Å². The molecule has 222 valence electrons. The van der Waals surface area contributed by atoms with Crippen LogP contribution in [0.3, 0.4) is 0 Å². The molecule has 10 heteroatoms. The van der Waals surface area contributed by atoms with Gasteiger partial charge in [0.25, 0.3) is 5.91 Å². The quantitative estimate of drug-likeness (QED) is 0.244. The molecule has 4 heterocycles. The Morgan fingerprint density at radius 3 is 2.55 bits per heavy atom. The van der Waals surface area contributed by atoms with Crippen molar-refractivity contribution >= 4 is 34.8 Å². The molecule has 1 saturated heterocycles. The molecule has 0 unspecified atom stereocenters. The van der Waals surface area contributed by atoms with Crippen LogP contribution in [-0.2, 0) is 11.2 Å². The maximum atomic E-state index is 15.6. The molecule has 0 bridgehead atoms. The molecule has 0 aliphatic carbocycles. The number of carboxylic acids is 1. The zero-order valence-corrected chi connectivity index (χ0v) is 24.7. The van der Waals surface area contributed by atoms with Gasteiger partial charge in [0.05, 0.1) is 23.3 Å². The van der Waals surface area contributed by atoms with Crippen molar-refractivity contribution in [3.05, 3.63) is 107 Å². The Morgan fingerprint density at radius 2 is 1.80 bits per heavy atom. The molecule has 7 rings (SSSR count). The smallest absolute Gasteiger partial charge is 0.308 e. The Morgan fingerprint density at radius 1 is 1.00 bits per heavy atom. The third kappa shape index (κ3) is 4.97. The number of nitrogens with zero attached hydrogens (tertiary/aromatic N) is 5. The maximum absolute atomic E-state index is 15.6. The molecular weight excluding hydrogens is 581 g/mol. The minimum absolute atomic E-state index is 0.112. The highest BCUT2D eigenvalue weighted by Crippen LogP contribution is 2.33. The van der Waals surface area contributed by atoms with Gasteiger partial charge >= 0.3 is 5.97 Å². The average Bonchev–Trinajstić information content (AvgIpc) is 3.69. The molecule has 2 aliphatic rings. The number of fused-ring (bicyclic) bond motifs is 2. The van der Waals surface area contributed by atoms with E-state index in [9.17, 15) is 14.7 Å². The van der Waals surface area contributed by atoms with Crippen molar-refractivity contribution in [1.29, 1.82) is 0 Å². The summed E-state index contributed by atoms with van der Waals surface area (Å²) in [5, 5.41) is 14.6. The van der Waals surface area contributed by atoms with Crippen molar-refractivity contribution in [2.24, 2.45) is 5.92 Å². The number of rotatable bonds is 5. The van der Waals surface area contributed by atoms with E-state index in [1.165, 1.54) is 11.6 Å². The number of anilines is 1. The highest BCUT2D eigenvalue weighted by Gasteiger charge is 2.31. The molecule has 1 fully saturated rings. The molecule has 2 aliphatic heterocycles. The Hall–Kier alpha value is -4.76. The molecule has 8 nitrogen and oxygen atoms in total. The molecule has 2 aromatic heterocycles. The summed E-state index contributed by atoms with van der Waals surface area (Å²) in [4.78, 5) is 33.8. The summed E-state index contributed by atoms with van der Waals surface area (Å²) >= 11 is 6.17. The number of carbonyl (C=O) groups is 2. The number of hydrogen-bond donors (Lipinski definition) is 1. The van der Waals surface area contributed by atoms with E-state index < -0.39 is 17.7 Å². The van der Waals surface area contributed by atoms with Gasteiger partial charge in [-0.1, -0.05) is 48.0 Å². The predicted molar refractivity (Wildman–Crippen MR) is 166 cm³/mol. The third-order valence-electron chi connectivity index (χ3n) is 8.77. The lowest BCUT2D eigenvalue weighted by Crippen LogP contribution is -2.39. The van der Waals surface area contributed by atoms with E-state index in [1.54, 1.807) is 40.9 Å². The van der Waals surface area contributed by atoms with Crippen LogP contribution in [0.4, 0.5) is 10.1 Å². The van der Waals surface area contributed by atoms with Crippen LogP contribution in [0.2, 0.25) is 5.02 Å². The zero-order valence-electron chi connectivity index (χ0n) is 24.0. The monoisotopic (exact) mass is 609 g/mol. The summed E-state index contributed by atoms with van der Waals surface area (Å²) in [5.41, 5.74) is 5.74. The molecule has 5 aromatic rings. The number of aliphatic carboxylic acids is 1. The molecule has 2 atom stereocenters. The van der Waals surface area contributed by atoms with Crippen molar-refractivity contribution in [2.75, 3.05) is 24.5 Å². The number of carbonyl (C=O) groups excluding carboxylic acids is 1. The van der Waals surface area contributed by atoms with Crippen LogP contribution >= 0.6 is 11.6 Å². The molecular formula is C34H29ClFN5O3. The first-order chi connectivity index (χ1) is 21.3. The highest BCUT2D eigenvalue weighted by atomic mass is 35.5. The summed E-state index contributed by atoms with van der Waals surface area (Å²) in [6.07, 6.45) is 1.28. The Balaban J connectivity index is 1.27. The van der Waals surface area contributed by atoms with Gasteiger partial charge in [-0.15, -0.1) is 0 Å². The lowest BCUT2D eigenvalue weighted by atomic mass is 9.93. The molecule has 44 heavy (non-hydrogen) atoms. The van der Waals surface area contributed by atoms with E-state index >= 15 is 4.39 Å². The van der Waals surface area contributed by atoms with Crippen LogP contribution in [0.5, 0.6) is 0 Å². The summed E-state index contributed by atoms with van der Waals surface area (Å²) in [5.74, 6) is -1.97. The van der Waals surface area contributed by atoms with Gasteiger partial charge in [0.15, 0.2) is 5.65 Å². The number of carboxylic acid groups (broad SMARTS) is 1. The van der Waals surface area contributed by atoms with Crippen LogP contribution < -0.4 is 4.90 Å². The molecule has 0 radical (unpaired) electrons. The molecule has 0 saturated carbocycles. The summed E-state index contributed by atoms with van der Waals surface area (Å²) in [6.45, 7) is 3.50. The molecule has 1 amide bonds. The first kappa shape index (κ1) is 28.0. The third-order valence-corrected chi connectivity index (χ3v) is 9.03. The molecule has 3 aromatic carbocycles. The van der Waals surface area contributed by atoms with E-state index in [-0.39, 0.29) is 23.2 Å². The Bertz CT molecular complexity index is 1920. The van der Waals surface area contributed by atoms with Gasteiger partial charge in [-0.05, 0) is 67.3 Å². The van der Waals surface area contributed by atoms with Crippen LogP contribution in [0, 0.1) is 11.7 Å². The largest absolute Gasteiger partial charge is 0.481 e. The normalized spacial score (nSPS) is 18.1. The Labute approximate surface area is 258 Å². The number of hydrogen-bond acceptors (Lipinski definition) is 5. The molecule has 1 N–H and O–H groups in total. The highest BCUT2D eigenvalue weighted by molar-refractivity contribution is 6.30. The van der Waals surface area contributed by atoms with Gasteiger partial charge in [-0.2, -0.15) is 5.10 Å². The first-order valence-corrected chi connectivity index (χ1v) is 15.0. The minimum Gasteiger partial charge on any atom is -0.481 e. The SMILES string of the molecule is C[C@@H]1c2ccccc2CCN1C(=O)c1cc(-c2ccc(Cl)cc2)n2nc(-c3ccc(N4CC[C@H](C(=O)O)C4)cc3F)cc2n1. The minimum atomic E-state index is -0.837. The van der Waals surface area contributed by atoms with Crippen LogP contribution in [0.25, 0.3) is 28.2 Å². The lowest BCUT2D eigenvalue weighted by molar-refractivity contribution is -0.140. The summed E-state index contributed by atoms with van der Waals surface area (Å²) in [6, 6.07) is 23.6. The fourth-order valence-corrected chi connectivity index (χ4v) is 6.47. The van der Waals surface area contributed by atoms with Gasteiger partial charge in [0.1, 0.15) is 11.5 Å². The second kappa shape index (κ2) is 11.1. The van der Waals surface area contributed by atoms with E-state index in [0.29, 0.717) is 53.8 Å². The average molecular weight is 610 g/mol. The molecule has 0 spiro atoms. The lowest BCUT2D eigenvalue weighted by Gasteiger charge is -2.35. The topological polar surface area (TPSA) is 91.0 Å².